The maximum absolute atomic E-state index is 11.7. The zero-order valence-electron chi connectivity index (χ0n) is 8.70. The van der Waals surface area contributed by atoms with E-state index in [-0.39, 0.29) is 16.5 Å². The Morgan fingerprint density at radius 2 is 2.40 bits per heavy atom. The van der Waals surface area contributed by atoms with Gasteiger partial charge in [-0.15, -0.1) is 0 Å². The van der Waals surface area contributed by atoms with E-state index in [1.165, 1.54) is 18.0 Å². The van der Waals surface area contributed by atoms with E-state index in [9.17, 15) is 4.79 Å². The van der Waals surface area contributed by atoms with Crippen LogP contribution in [0.5, 0.6) is 5.75 Å². The molecule has 0 aromatic carbocycles. The van der Waals surface area contributed by atoms with E-state index < -0.39 is 0 Å². The first-order valence-corrected chi connectivity index (χ1v) is 6.25. The molecular formula is C9H13ClN2O2S. The quantitative estimate of drug-likeness (QED) is 0.587. The lowest BCUT2D eigenvalue weighted by molar-refractivity contribution is 0.399. The van der Waals surface area contributed by atoms with Crippen molar-refractivity contribution < 1.29 is 4.74 Å². The van der Waals surface area contributed by atoms with Gasteiger partial charge >= 0.3 is 0 Å². The Morgan fingerprint density at radius 3 is 3.00 bits per heavy atom. The Balaban J connectivity index is 2.86. The number of rotatable bonds is 5. The van der Waals surface area contributed by atoms with Gasteiger partial charge in [0.1, 0.15) is 0 Å². The molecule has 1 rings (SSSR count). The van der Waals surface area contributed by atoms with Crippen molar-refractivity contribution in [1.82, 2.24) is 9.55 Å². The molecule has 0 N–H and O–H groups in total. The second kappa shape index (κ2) is 6.02. The van der Waals surface area contributed by atoms with Crippen LogP contribution in [0.4, 0.5) is 0 Å². The normalized spacial score (nSPS) is 10.3. The minimum Gasteiger partial charge on any atom is -0.489 e. The first-order chi connectivity index (χ1) is 7.20. The molecule has 0 spiro atoms. The predicted molar refractivity (Wildman–Crippen MR) is 63.1 cm³/mol. The molecule has 84 valence electrons. The third kappa shape index (κ3) is 3.14. The molecule has 0 saturated heterocycles. The van der Waals surface area contributed by atoms with Crippen LogP contribution < -0.4 is 10.3 Å². The van der Waals surface area contributed by atoms with E-state index >= 15 is 0 Å². The molecule has 0 fully saturated rings. The Labute approximate surface area is 97.6 Å². The summed E-state index contributed by atoms with van der Waals surface area (Å²) in [5.41, 5.74) is -0.224. The van der Waals surface area contributed by atoms with Gasteiger partial charge in [-0.1, -0.05) is 11.6 Å². The summed E-state index contributed by atoms with van der Waals surface area (Å²) in [6, 6.07) is 0. The van der Waals surface area contributed by atoms with Crippen LogP contribution in [0.3, 0.4) is 0 Å². The van der Waals surface area contributed by atoms with Gasteiger partial charge < -0.3 is 4.74 Å². The van der Waals surface area contributed by atoms with Gasteiger partial charge in [-0.3, -0.25) is 9.36 Å². The third-order valence-electron chi connectivity index (χ3n) is 1.90. The third-order valence-corrected chi connectivity index (χ3v) is 2.87. The second-order valence-corrected chi connectivity index (χ2v) is 4.26. The van der Waals surface area contributed by atoms with E-state index in [1.807, 2.05) is 6.26 Å². The fourth-order valence-electron chi connectivity index (χ4n) is 1.16. The van der Waals surface area contributed by atoms with Crippen LogP contribution in [0.25, 0.3) is 0 Å². The summed E-state index contributed by atoms with van der Waals surface area (Å²) in [6.07, 6.45) is 4.41. The summed E-state index contributed by atoms with van der Waals surface area (Å²) in [6.45, 7) is 0.639. The van der Waals surface area contributed by atoms with Crippen LogP contribution >= 0.6 is 23.4 Å². The first kappa shape index (κ1) is 12.4. The van der Waals surface area contributed by atoms with E-state index in [4.69, 9.17) is 16.3 Å². The van der Waals surface area contributed by atoms with Crippen molar-refractivity contribution in [2.45, 2.75) is 13.0 Å². The number of aryl methyl sites for hydroxylation is 1. The lowest BCUT2D eigenvalue weighted by Gasteiger charge is -2.07. The number of aromatic nitrogens is 2. The molecule has 0 aliphatic heterocycles. The molecule has 15 heavy (non-hydrogen) atoms. The predicted octanol–water partition coefficient (Wildman–Crippen LogP) is 1.66. The number of hydrogen-bond acceptors (Lipinski definition) is 4. The molecule has 0 saturated carbocycles. The van der Waals surface area contributed by atoms with Crippen molar-refractivity contribution in [3.8, 4) is 5.75 Å². The second-order valence-electron chi connectivity index (χ2n) is 2.91. The van der Waals surface area contributed by atoms with E-state index in [1.54, 1.807) is 11.8 Å². The van der Waals surface area contributed by atoms with Crippen LogP contribution in [0, 0.1) is 0 Å². The van der Waals surface area contributed by atoms with Gasteiger partial charge in [-0.05, 0) is 18.4 Å². The first-order valence-electron chi connectivity index (χ1n) is 4.48. The minimum atomic E-state index is -0.224. The standard InChI is InChI=1S/C9H13ClN2O2S/c1-14-7-8(10)11-6-12(9(7)13)4-3-5-15-2/h6H,3-5H2,1-2H3. The monoisotopic (exact) mass is 248 g/mol. The van der Waals surface area contributed by atoms with Crippen molar-refractivity contribution in [2.24, 2.45) is 0 Å². The van der Waals surface area contributed by atoms with Crippen molar-refractivity contribution in [3.05, 3.63) is 21.8 Å². The summed E-state index contributed by atoms with van der Waals surface area (Å²) >= 11 is 7.46. The molecule has 6 heteroatoms. The average Bonchev–Trinajstić information content (AvgIpc) is 2.22. The van der Waals surface area contributed by atoms with Crippen LogP contribution in [-0.2, 0) is 6.54 Å². The lowest BCUT2D eigenvalue weighted by Crippen LogP contribution is -2.22. The smallest absolute Gasteiger partial charge is 0.297 e. The van der Waals surface area contributed by atoms with Crippen molar-refractivity contribution in [3.63, 3.8) is 0 Å². The SMILES string of the molecule is COc1c(Cl)ncn(CCCSC)c1=O. The fourth-order valence-corrected chi connectivity index (χ4v) is 1.78. The molecule has 0 radical (unpaired) electrons. The van der Waals surface area contributed by atoms with Crippen molar-refractivity contribution >= 4 is 23.4 Å². The Kier molecular flexibility index (Phi) is 4.98. The van der Waals surface area contributed by atoms with Gasteiger partial charge in [0.2, 0.25) is 5.75 Å². The topological polar surface area (TPSA) is 44.1 Å². The van der Waals surface area contributed by atoms with Crippen LogP contribution in [-0.4, -0.2) is 28.7 Å². The summed E-state index contributed by atoms with van der Waals surface area (Å²) in [7, 11) is 1.41. The zero-order chi connectivity index (χ0) is 11.3. The molecule has 0 atom stereocenters. The van der Waals surface area contributed by atoms with E-state index in [2.05, 4.69) is 4.98 Å². The molecule has 1 aromatic rings. The molecule has 4 nitrogen and oxygen atoms in total. The summed E-state index contributed by atoms with van der Waals surface area (Å²) in [5, 5.41) is 0.114. The molecule has 0 amide bonds. The van der Waals surface area contributed by atoms with Gasteiger partial charge in [-0.25, -0.2) is 4.98 Å². The maximum Gasteiger partial charge on any atom is 0.297 e. The van der Waals surface area contributed by atoms with E-state index in [0.29, 0.717) is 6.54 Å². The van der Waals surface area contributed by atoms with E-state index in [0.717, 1.165) is 12.2 Å². The Bertz CT molecular complexity index is 381. The number of hydrogen-bond donors (Lipinski definition) is 0. The maximum atomic E-state index is 11.7. The minimum absolute atomic E-state index is 0.114. The number of halogens is 1. The molecule has 0 aliphatic carbocycles. The Hall–Kier alpha value is -0.680. The number of thioether (sulfide) groups is 1. The van der Waals surface area contributed by atoms with Crippen LogP contribution in [0.15, 0.2) is 11.1 Å². The Morgan fingerprint density at radius 1 is 1.67 bits per heavy atom. The number of nitrogens with zero attached hydrogens (tertiary/aromatic N) is 2. The van der Waals surface area contributed by atoms with Gasteiger partial charge in [-0.2, -0.15) is 11.8 Å². The largest absolute Gasteiger partial charge is 0.489 e. The molecule has 0 unspecified atom stereocenters. The zero-order valence-corrected chi connectivity index (χ0v) is 10.3. The summed E-state index contributed by atoms with van der Waals surface area (Å²) < 4.78 is 6.40. The van der Waals surface area contributed by atoms with Gasteiger partial charge in [0.05, 0.1) is 13.4 Å². The average molecular weight is 249 g/mol. The molecule has 1 aromatic heterocycles. The molecule has 0 aliphatic rings. The lowest BCUT2D eigenvalue weighted by atomic mass is 10.4. The van der Waals surface area contributed by atoms with Crippen molar-refractivity contribution in [2.75, 3.05) is 19.1 Å². The van der Waals surface area contributed by atoms with Crippen molar-refractivity contribution in [1.29, 1.82) is 0 Å². The number of methoxy groups -OCH3 is 1. The van der Waals surface area contributed by atoms with Gasteiger partial charge in [0.25, 0.3) is 5.56 Å². The van der Waals surface area contributed by atoms with Gasteiger partial charge in [0, 0.05) is 6.54 Å². The van der Waals surface area contributed by atoms with Crippen LogP contribution in [0.2, 0.25) is 5.15 Å². The molecule has 1 heterocycles. The molecular weight excluding hydrogens is 236 g/mol. The summed E-state index contributed by atoms with van der Waals surface area (Å²) in [5.74, 6) is 1.13. The highest BCUT2D eigenvalue weighted by Gasteiger charge is 2.09. The number of ether oxygens (including phenoxy) is 1. The highest BCUT2D eigenvalue weighted by molar-refractivity contribution is 7.98. The molecule has 0 bridgehead atoms. The van der Waals surface area contributed by atoms with Crippen LogP contribution in [0.1, 0.15) is 6.42 Å². The summed E-state index contributed by atoms with van der Waals surface area (Å²) in [4.78, 5) is 15.6. The van der Waals surface area contributed by atoms with Gasteiger partial charge in [0.15, 0.2) is 5.15 Å². The highest BCUT2D eigenvalue weighted by atomic mass is 35.5. The highest BCUT2D eigenvalue weighted by Crippen LogP contribution is 2.14. The fraction of sp³-hybridized carbons (Fsp3) is 0.556.